The number of nitrogens with zero attached hydrogens (tertiary/aromatic N) is 2. The zero-order valence-corrected chi connectivity index (χ0v) is 15.5. The highest BCUT2D eigenvalue weighted by molar-refractivity contribution is 7.99. The molecule has 0 atom stereocenters. The van der Waals surface area contributed by atoms with E-state index in [2.05, 4.69) is 30.7 Å². The molecular formula is C18H25N3O2S. The van der Waals surface area contributed by atoms with E-state index in [1.165, 1.54) is 0 Å². The summed E-state index contributed by atoms with van der Waals surface area (Å²) in [6.07, 6.45) is 1.01. The van der Waals surface area contributed by atoms with Gasteiger partial charge in [-0.2, -0.15) is 11.8 Å². The molecule has 2 aromatic rings. The molecule has 3 rings (SSSR count). The van der Waals surface area contributed by atoms with E-state index in [1.807, 2.05) is 25.2 Å². The number of nitrogens with one attached hydrogen (secondary N) is 1. The number of benzene rings is 1. The van der Waals surface area contributed by atoms with Crippen molar-refractivity contribution in [2.45, 2.75) is 44.6 Å². The molecule has 0 bridgehead atoms. The summed E-state index contributed by atoms with van der Waals surface area (Å²) in [7, 11) is 2.01. The molecule has 1 aromatic heterocycles. The molecule has 130 valence electrons. The fourth-order valence-electron chi connectivity index (χ4n) is 3.13. The third-order valence-corrected chi connectivity index (χ3v) is 5.54. The summed E-state index contributed by atoms with van der Waals surface area (Å²) >= 11 is 1.78. The van der Waals surface area contributed by atoms with Crippen molar-refractivity contribution in [1.29, 1.82) is 0 Å². The Kier molecular flexibility index (Phi) is 4.38. The van der Waals surface area contributed by atoms with Crippen LogP contribution in [-0.2, 0) is 17.3 Å². The number of carbonyl (C=O) groups excluding carboxylic acids is 1. The lowest BCUT2D eigenvalue weighted by Crippen LogP contribution is -2.45. The third kappa shape index (κ3) is 3.17. The average Bonchev–Trinajstić information content (AvgIpc) is 2.85. The summed E-state index contributed by atoms with van der Waals surface area (Å²) in [5.74, 6) is 2.33. The van der Waals surface area contributed by atoms with Crippen molar-refractivity contribution in [2.24, 2.45) is 7.05 Å². The van der Waals surface area contributed by atoms with Crippen LogP contribution in [0.25, 0.3) is 11.0 Å². The largest absolute Gasteiger partial charge is 0.380 e. The van der Waals surface area contributed by atoms with Gasteiger partial charge in [0.2, 0.25) is 0 Å². The highest BCUT2D eigenvalue weighted by Crippen LogP contribution is 2.30. The maximum Gasteiger partial charge on any atom is 0.256 e. The maximum absolute atomic E-state index is 12.5. The Hall–Kier alpha value is -1.53. The molecule has 2 N–H and O–H groups in total. The van der Waals surface area contributed by atoms with Crippen LogP contribution in [0.15, 0.2) is 18.2 Å². The molecule has 1 aliphatic rings. The fourth-order valence-corrected chi connectivity index (χ4v) is 4.30. The highest BCUT2D eigenvalue weighted by atomic mass is 32.2. The predicted octanol–water partition coefficient (Wildman–Crippen LogP) is 3.07. The van der Waals surface area contributed by atoms with Gasteiger partial charge in [-0.05, 0) is 42.5 Å². The van der Waals surface area contributed by atoms with E-state index in [1.54, 1.807) is 11.8 Å². The number of carbonyl (C=O) groups is 1. The molecule has 0 unspecified atom stereocenters. The first-order valence-electron chi connectivity index (χ1n) is 8.29. The number of aromatic nitrogens is 2. The Morgan fingerprint density at radius 1 is 1.33 bits per heavy atom. The molecule has 0 radical (unpaired) electrons. The SMILES string of the molecule is Cn1c(C(C)(C)C)nc2cc(NC(=O)C3(O)CCSCC3)ccc21. The molecule has 2 heterocycles. The molecule has 1 fully saturated rings. The third-order valence-electron chi connectivity index (χ3n) is 4.55. The molecule has 1 aliphatic heterocycles. The highest BCUT2D eigenvalue weighted by Gasteiger charge is 2.37. The second-order valence-electron chi connectivity index (χ2n) is 7.55. The second-order valence-corrected chi connectivity index (χ2v) is 8.77. The summed E-state index contributed by atoms with van der Waals surface area (Å²) in [5.41, 5.74) is 1.27. The van der Waals surface area contributed by atoms with Crippen LogP contribution in [0.4, 0.5) is 5.69 Å². The van der Waals surface area contributed by atoms with E-state index in [-0.39, 0.29) is 11.3 Å². The molecule has 0 spiro atoms. The van der Waals surface area contributed by atoms with Gasteiger partial charge in [0.05, 0.1) is 11.0 Å². The number of fused-ring (bicyclic) bond motifs is 1. The van der Waals surface area contributed by atoms with Gasteiger partial charge in [-0.1, -0.05) is 20.8 Å². The smallest absolute Gasteiger partial charge is 0.256 e. The number of aryl methyl sites for hydroxylation is 1. The van der Waals surface area contributed by atoms with Gasteiger partial charge in [-0.25, -0.2) is 4.98 Å². The predicted molar refractivity (Wildman–Crippen MR) is 99.6 cm³/mol. The summed E-state index contributed by atoms with van der Waals surface area (Å²) in [5, 5.41) is 13.4. The lowest BCUT2D eigenvalue weighted by Gasteiger charge is -2.30. The number of amides is 1. The summed E-state index contributed by atoms with van der Waals surface area (Å²) in [6.45, 7) is 6.40. The van der Waals surface area contributed by atoms with Gasteiger partial charge < -0.3 is 15.0 Å². The van der Waals surface area contributed by atoms with Crippen LogP contribution in [0.3, 0.4) is 0 Å². The minimum absolute atomic E-state index is 0.0495. The summed E-state index contributed by atoms with van der Waals surface area (Å²) in [4.78, 5) is 17.2. The van der Waals surface area contributed by atoms with E-state index in [9.17, 15) is 9.90 Å². The zero-order valence-electron chi connectivity index (χ0n) is 14.7. The van der Waals surface area contributed by atoms with Gasteiger partial charge in [0.15, 0.2) is 0 Å². The number of anilines is 1. The fraction of sp³-hybridized carbons (Fsp3) is 0.556. The first-order valence-corrected chi connectivity index (χ1v) is 9.45. The number of imidazole rings is 1. The van der Waals surface area contributed by atoms with Crippen molar-refractivity contribution in [3.8, 4) is 0 Å². The quantitative estimate of drug-likeness (QED) is 0.876. The van der Waals surface area contributed by atoms with Crippen molar-refractivity contribution in [3.05, 3.63) is 24.0 Å². The van der Waals surface area contributed by atoms with Crippen LogP contribution in [0, 0.1) is 0 Å². The number of hydrogen-bond acceptors (Lipinski definition) is 4. The van der Waals surface area contributed by atoms with Gasteiger partial charge in [0, 0.05) is 18.2 Å². The normalized spacial score (nSPS) is 17.9. The maximum atomic E-state index is 12.5. The Morgan fingerprint density at radius 3 is 2.62 bits per heavy atom. The second kappa shape index (κ2) is 6.08. The van der Waals surface area contributed by atoms with Crippen LogP contribution < -0.4 is 5.32 Å². The van der Waals surface area contributed by atoms with E-state index < -0.39 is 5.60 Å². The summed E-state index contributed by atoms with van der Waals surface area (Å²) in [6, 6.07) is 5.71. The van der Waals surface area contributed by atoms with Crippen LogP contribution in [-0.4, -0.2) is 37.7 Å². The number of aliphatic hydroxyl groups is 1. The first kappa shape index (κ1) is 17.3. The standard InChI is InChI=1S/C18H25N3O2S/c1-17(2,3)15-20-13-11-12(5-6-14(13)21(15)4)19-16(22)18(23)7-9-24-10-8-18/h5-6,11,23H,7-10H2,1-4H3,(H,19,22). The average molecular weight is 347 g/mol. The molecule has 1 amide bonds. The Bertz CT molecular complexity index is 770. The number of hydrogen-bond donors (Lipinski definition) is 2. The minimum atomic E-state index is -1.25. The Labute approximate surface area is 146 Å². The van der Waals surface area contributed by atoms with Crippen molar-refractivity contribution in [2.75, 3.05) is 16.8 Å². The molecule has 1 aromatic carbocycles. The van der Waals surface area contributed by atoms with Crippen molar-refractivity contribution >= 4 is 34.4 Å². The Balaban J connectivity index is 1.87. The van der Waals surface area contributed by atoms with Gasteiger partial charge in [0.1, 0.15) is 11.4 Å². The topological polar surface area (TPSA) is 67.2 Å². The zero-order chi connectivity index (χ0) is 17.5. The van der Waals surface area contributed by atoms with Gasteiger partial charge in [-0.15, -0.1) is 0 Å². The molecular weight excluding hydrogens is 322 g/mol. The van der Waals surface area contributed by atoms with E-state index in [0.717, 1.165) is 28.4 Å². The van der Waals surface area contributed by atoms with Gasteiger partial charge in [0.25, 0.3) is 5.91 Å². The molecule has 0 aliphatic carbocycles. The van der Waals surface area contributed by atoms with Crippen LogP contribution in [0.2, 0.25) is 0 Å². The van der Waals surface area contributed by atoms with Gasteiger partial charge >= 0.3 is 0 Å². The van der Waals surface area contributed by atoms with Crippen molar-refractivity contribution in [3.63, 3.8) is 0 Å². The van der Waals surface area contributed by atoms with Crippen LogP contribution in [0.1, 0.15) is 39.4 Å². The van der Waals surface area contributed by atoms with Crippen molar-refractivity contribution < 1.29 is 9.90 Å². The molecule has 0 saturated carbocycles. The lowest BCUT2D eigenvalue weighted by atomic mass is 9.95. The van der Waals surface area contributed by atoms with E-state index in [4.69, 9.17) is 4.98 Å². The molecule has 24 heavy (non-hydrogen) atoms. The Morgan fingerprint density at radius 2 is 2.00 bits per heavy atom. The number of rotatable bonds is 2. The van der Waals surface area contributed by atoms with Crippen molar-refractivity contribution in [1.82, 2.24) is 9.55 Å². The molecule has 6 heteroatoms. The lowest BCUT2D eigenvalue weighted by molar-refractivity contribution is -0.134. The van der Waals surface area contributed by atoms with Crippen LogP contribution in [0.5, 0.6) is 0 Å². The first-order chi connectivity index (χ1) is 11.2. The number of thioether (sulfide) groups is 1. The minimum Gasteiger partial charge on any atom is -0.380 e. The molecule has 5 nitrogen and oxygen atoms in total. The summed E-state index contributed by atoms with van der Waals surface area (Å²) < 4.78 is 2.09. The molecule has 1 saturated heterocycles. The van der Waals surface area contributed by atoms with E-state index >= 15 is 0 Å². The van der Waals surface area contributed by atoms with Gasteiger partial charge in [-0.3, -0.25) is 4.79 Å². The monoisotopic (exact) mass is 347 g/mol. The van der Waals surface area contributed by atoms with E-state index in [0.29, 0.717) is 18.5 Å². The van der Waals surface area contributed by atoms with Crippen LogP contribution >= 0.6 is 11.8 Å².